The molecule has 23 heavy (non-hydrogen) atoms. The zero-order valence-corrected chi connectivity index (χ0v) is 13.7. The summed E-state index contributed by atoms with van der Waals surface area (Å²) in [6.07, 6.45) is 5.58. The normalized spacial score (nSPS) is 11.0. The van der Waals surface area contributed by atoms with Crippen molar-refractivity contribution in [2.75, 3.05) is 6.54 Å². The van der Waals surface area contributed by atoms with E-state index < -0.39 is 0 Å². The fourth-order valence-corrected chi connectivity index (χ4v) is 2.21. The van der Waals surface area contributed by atoms with Crippen LogP contribution in [0.4, 0.5) is 0 Å². The topological polar surface area (TPSA) is 75.3 Å². The lowest BCUT2D eigenvalue weighted by Crippen LogP contribution is -2.43. The van der Waals surface area contributed by atoms with Gasteiger partial charge in [-0.25, -0.2) is 4.99 Å². The van der Waals surface area contributed by atoms with Crippen LogP contribution in [0.1, 0.15) is 17.5 Å². The summed E-state index contributed by atoms with van der Waals surface area (Å²) in [7, 11) is 0. The highest BCUT2D eigenvalue weighted by Crippen LogP contribution is 2.00. The minimum atomic E-state index is 0.318. The molecular weight excluding hydrogens is 306 g/mol. The first-order valence-corrected chi connectivity index (χ1v) is 7.92. The molecule has 0 atom stereocenters. The molecule has 6 heteroatoms. The number of hydrogen-bond donors (Lipinski definition) is 3. The smallest absolute Gasteiger partial charge is 0.195 e. The third-order valence-electron chi connectivity index (χ3n) is 3.17. The quantitative estimate of drug-likeness (QED) is 0.327. The number of rotatable bonds is 6. The van der Waals surface area contributed by atoms with Gasteiger partial charge in [-0.15, -0.1) is 0 Å². The van der Waals surface area contributed by atoms with Crippen molar-refractivity contribution in [3.05, 3.63) is 66.0 Å². The number of nitrogens with two attached hydrogens (primary N) is 1. The predicted octanol–water partition coefficient (Wildman–Crippen LogP) is 1.99. The molecule has 4 N–H and O–H groups in total. The van der Waals surface area contributed by atoms with Crippen LogP contribution in [0.15, 0.2) is 59.9 Å². The molecule has 0 aliphatic rings. The number of aryl methyl sites for hydroxylation is 1. The van der Waals surface area contributed by atoms with E-state index in [1.165, 1.54) is 5.56 Å². The third kappa shape index (κ3) is 6.88. The minimum Gasteiger partial charge on any atom is -0.370 e. The number of thiocarbonyl (C=S) groups is 1. The van der Waals surface area contributed by atoms with Gasteiger partial charge in [0, 0.05) is 18.9 Å². The number of aromatic nitrogens is 1. The number of hydrogen-bond acceptors (Lipinski definition) is 3. The minimum absolute atomic E-state index is 0.318. The van der Waals surface area contributed by atoms with Crippen molar-refractivity contribution < 1.29 is 0 Å². The van der Waals surface area contributed by atoms with Gasteiger partial charge in [0.25, 0.3) is 0 Å². The van der Waals surface area contributed by atoms with Crippen LogP contribution in [-0.2, 0) is 13.0 Å². The molecule has 0 bridgehead atoms. The van der Waals surface area contributed by atoms with E-state index in [1.54, 1.807) is 6.20 Å². The number of guanidine groups is 1. The molecule has 0 unspecified atom stereocenters. The molecule has 2 aromatic rings. The Labute approximate surface area is 142 Å². The van der Waals surface area contributed by atoms with Gasteiger partial charge in [-0.2, -0.15) is 0 Å². The number of nitrogens with one attached hydrogen (secondary N) is 2. The molecule has 1 aromatic heterocycles. The zero-order chi connectivity index (χ0) is 16.3. The van der Waals surface area contributed by atoms with Crippen LogP contribution in [0.5, 0.6) is 0 Å². The fourth-order valence-electron chi connectivity index (χ4n) is 2.00. The standard InChI is InChI=1S/C17H21N5S/c18-16(21-13-15-6-2-1-3-7-15)22-17(23)20-11-5-9-14-8-4-10-19-12-14/h1-4,6-8,10,12H,5,9,11,13H2,(H4,18,20,21,22,23). The van der Waals surface area contributed by atoms with Gasteiger partial charge >= 0.3 is 0 Å². The molecule has 0 fully saturated rings. The molecule has 1 heterocycles. The molecule has 0 spiro atoms. The van der Waals surface area contributed by atoms with Crippen LogP contribution in [0.25, 0.3) is 0 Å². The second-order valence-electron chi connectivity index (χ2n) is 5.03. The van der Waals surface area contributed by atoms with Crippen molar-refractivity contribution in [3.8, 4) is 0 Å². The van der Waals surface area contributed by atoms with Crippen LogP contribution in [0.3, 0.4) is 0 Å². The summed E-state index contributed by atoms with van der Waals surface area (Å²) in [5.41, 5.74) is 8.14. The van der Waals surface area contributed by atoms with Gasteiger partial charge in [0.2, 0.25) is 0 Å². The van der Waals surface area contributed by atoms with Gasteiger partial charge < -0.3 is 16.4 Å². The molecule has 0 saturated heterocycles. The molecule has 0 saturated carbocycles. The highest BCUT2D eigenvalue weighted by Gasteiger charge is 1.98. The Morgan fingerprint density at radius 2 is 1.91 bits per heavy atom. The first kappa shape index (κ1) is 16.9. The molecule has 0 radical (unpaired) electrons. The van der Waals surface area contributed by atoms with E-state index in [9.17, 15) is 0 Å². The molecular formula is C17H21N5S. The predicted molar refractivity (Wildman–Crippen MR) is 98.1 cm³/mol. The SMILES string of the molecule is NC(=NCc1ccccc1)NC(=S)NCCCc1cccnc1. The monoisotopic (exact) mass is 327 g/mol. The number of nitrogens with zero attached hydrogens (tertiary/aromatic N) is 2. The van der Waals surface area contributed by atoms with Gasteiger partial charge in [-0.1, -0.05) is 36.4 Å². The van der Waals surface area contributed by atoms with Crippen molar-refractivity contribution in [2.45, 2.75) is 19.4 Å². The van der Waals surface area contributed by atoms with E-state index in [4.69, 9.17) is 18.0 Å². The van der Waals surface area contributed by atoms with E-state index in [0.29, 0.717) is 17.6 Å². The summed E-state index contributed by atoms with van der Waals surface area (Å²) in [4.78, 5) is 8.35. The lowest BCUT2D eigenvalue weighted by molar-refractivity contribution is 0.768. The second-order valence-corrected chi connectivity index (χ2v) is 5.44. The number of aliphatic imine (C=N–C) groups is 1. The summed E-state index contributed by atoms with van der Waals surface area (Å²) < 4.78 is 0. The maximum absolute atomic E-state index is 5.82. The molecule has 0 aliphatic carbocycles. The highest BCUT2D eigenvalue weighted by molar-refractivity contribution is 7.80. The largest absolute Gasteiger partial charge is 0.370 e. The Bertz CT molecular complexity index is 628. The van der Waals surface area contributed by atoms with Crippen LogP contribution >= 0.6 is 12.2 Å². The second kappa shape index (κ2) is 9.53. The molecule has 5 nitrogen and oxygen atoms in total. The molecule has 120 valence electrons. The van der Waals surface area contributed by atoms with Gasteiger partial charge in [0.05, 0.1) is 6.54 Å². The Morgan fingerprint density at radius 1 is 1.13 bits per heavy atom. The maximum Gasteiger partial charge on any atom is 0.195 e. The summed E-state index contributed by atoms with van der Waals surface area (Å²) in [6.45, 7) is 1.30. The zero-order valence-electron chi connectivity index (χ0n) is 12.9. The van der Waals surface area contributed by atoms with Crippen LogP contribution in [0.2, 0.25) is 0 Å². The number of benzene rings is 1. The van der Waals surface area contributed by atoms with Crippen molar-refractivity contribution in [1.29, 1.82) is 0 Å². The lowest BCUT2D eigenvalue weighted by Gasteiger charge is -2.09. The van der Waals surface area contributed by atoms with E-state index >= 15 is 0 Å². The maximum atomic E-state index is 5.82. The van der Waals surface area contributed by atoms with Crippen molar-refractivity contribution in [3.63, 3.8) is 0 Å². The van der Waals surface area contributed by atoms with Gasteiger partial charge in [-0.05, 0) is 42.3 Å². The summed E-state index contributed by atoms with van der Waals surface area (Å²) in [5.74, 6) is 0.318. The average Bonchev–Trinajstić information content (AvgIpc) is 2.59. The summed E-state index contributed by atoms with van der Waals surface area (Å²) >= 11 is 5.20. The highest BCUT2D eigenvalue weighted by atomic mass is 32.1. The fraction of sp³-hybridized carbons (Fsp3) is 0.235. The molecule has 0 aliphatic heterocycles. The Morgan fingerprint density at radius 3 is 2.65 bits per heavy atom. The van der Waals surface area contributed by atoms with Crippen molar-refractivity contribution >= 4 is 23.3 Å². The van der Waals surface area contributed by atoms with E-state index in [-0.39, 0.29) is 0 Å². The van der Waals surface area contributed by atoms with Crippen LogP contribution < -0.4 is 16.4 Å². The Hall–Kier alpha value is -2.47. The van der Waals surface area contributed by atoms with Gasteiger partial charge in [-0.3, -0.25) is 4.98 Å². The Balaban J connectivity index is 1.64. The molecule has 0 amide bonds. The van der Waals surface area contributed by atoms with Gasteiger partial charge in [0.1, 0.15) is 0 Å². The van der Waals surface area contributed by atoms with Crippen LogP contribution in [0, 0.1) is 0 Å². The van der Waals surface area contributed by atoms with Crippen molar-refractivity contribution in [2.24, 2.45) is 10.7 Å². The first-order valence-electron chi connectivity index (χ1n) is 7.51. The number of pyridine rings is 1. The Kier molecular flexibility index (Phi) is 7.00. The van der Waals surface area contributed by atoms with Crippen molar-refractivity contribution in [1.82, 2.24) is 15.6 Å². The van der Waals surface area contributed by atoms with E-state index in [0.717, 1.165) is 24.9 Å². The summed E-state index contributed by atoms with van der Waals surface area (Å²) in [5, 5.41) is 6.50. The van der Waals surface area contributed by atoms with Gasteiger partial charge in [0.15, 0.2) is 11.1 Å². The van der Waals surface area contributed by atoms with E-state index in [2.05, 4.69) is 26.7 Å². The summed E-state index contributed by atoms with van der Waals surface area (Å²) in [6, 6.07) is 13.9. The molecule has 2 rings (SSSR count). The first-order chi connectivity index (χ1) is 11.2. The third-order valence-corrected chi connectivity index (χ3v) is 3.41. The van der Waals surface area contributed by atoms with E-state index in [1.807, 2.05) is 42.6 Å². The lowest BCUT2D eigenvalue weighted by atomic mass is 10.2. The average molecular weight is 327 g/mol. The van der Waals surface area contributed by atoms with Crippen LogP contribution in [-0.4, -0.2) is 22.6 Å². The molecule has 1 aromatic carbocycles.